The van der Waals surface area contributed by atoms with Crippen molar-refractivity contribution in [3.05, 3.63) is 54.6 Å². The molecule has 2 fully saturated rings. The second-order valence-corrected chi connectivity index (χ2v) is 11.1. The molecule has 1 saturated carbocycles. The van der Waals surface area contributed by atoms with Crippen molar-refractivity contribution in [3.63, 3.8) is 0 Å². The number of para-hydroxylation sites is 3. The molecule has 1 unspecified atom stereocenters. The second kappa shape index (κ2) is 9.94. The number of sulfone groups is 1. The van der Waals surface area contributed by atoms with Gasteiger partial charge in [0.2, 0.25) is 5.91 Å². The number of carbonyl (C=O) groups is 1. The molecule has 1 N–H and O–H groups in total. The highest BCUT2D eigenvalue weighted by atomic mass is 32.2. The van der Waals surface area contributed by atoms with Crippen LogP contribution in [-0.4, -0.2) is 56.4 Å². The minimum Gasteiger partial charge on any atom is -0.374 e. The fourth-order valence-corrected chi connectivity index (χ4v) is 6.74. The van der Waals surface area contributed by atoms with E-state index >= 15 is 0 Å². The Hall–Kier alpha value is -2.54. The van der Waals surface area contributed by atoms with Crippen LogP contribution in [-0.2, 0) is 14.6 Å². The average molecular weight is 456 g/mol. The van der Waals surface area contributed by atoms with Crippen LogP contribution >= 0.6 is 0 Å². The van der Waals surface area contributed by atoms with Crippen molar-refractivity contribution >= 4 is 32.8 Å². The van der Waals surface area contributed by atoms with Crippen LogP contribution < -0.4 is 10.2 Å². The van der Waals surface area contributed by atoms with Gasteiger partial charge in [0.15, 0.2) is 9.84 Å². The van der Waals surface area contributed by atoms with E-state index in [9.17, 15) is 13.2 Å². The Labute approximate surface area is 191 Å². The third-order valence-corrected chi connectivity index (χ3v) is 8.45. The Kier molecular flexibility index (Phi) is 7.04. The summed E-state index contributed by atoms with van der Waals surface area (Å²) in [6, 6.07) is 18.0. The summed E-state index contributed by atoms with van der Waals surface area (Å²) in [6.45, 7) is 0.159. The smallest absolute Gasteiger partial charge is 0.242 e. The third-order valence-electron chi connectivity index (χ3n) is 6.70. The summed E-state index contributed by atoms with van der Waals surface area (Å²) in [6.07, 6.45) is 5.89. The predicted octanol–water partition coefficient (Wildman–Crippen LogP) is 4.21. The van der Waals surface area contributed by atoms with Crippen LogP contribution in [0.2, 0.25) is 0 Å². The van der Waals surface area contributed by atoms with E-state index in [0.717, 1.165) is 42.7 Å². The van der Waals surface area contributed by atoms with E-state index in [1.807, 2.05) is 66.5 Å². The van der Waals surface area contributed by atoms with Crippen molar-refractivity contribution in [1.82, 2.24) is 4.90 Å². The normalized spacial score (nSPS) is 20.6. The van der Waals surface area contributed by atoms with Gasteiger partial charge in [-0.15, -0.1) is 0 Å². The number of carbonyl (C=O) groups excluding carboxylic acids is 1. The van der Waals surface area contributed by atoms with Gasteiger partial charge in [-0.3, -0.25) is 4.79 Å². The van der Waals surface area contributed by atoms with Gasteiger partial charge in [0, 0.05) is 24.8 Å². The number of hydrogen-bond donors (Lipinski definition) is 1. The maximum atomic E-state index is 13.4. The van der Waals surface area contributed by atoms with E-state index in [0.29, 0.717) is 6.42 Å². The third kappa shape index (κ3) is 5.26. The highest BCUT2D eigenvalue weighted by Crippen LogP contribution is 2.31. The summed E-state index contributed by atoms with van der Waals surface area (Å²) < 4.78 is 24.3. The van der Waals surface area contributed by atoms with Crippen molar-refractivity contribution in [3.8, 4) is 0 Å². The molecule has 6 nitrogen and oxygen atoms in total. The van der Waals surface area contributed by atoms with E-state index in [1.165, 1.54) is 6.42 Å². The molecule has 1 heterocycles. The van der Waals surface area contributed by atoms with Gasteiger partial charge in [-0.25, -0.2) is 8.42 Å². The van der Waals surface area contributed by atoms with Crippen LogP contribution in [0.1, 0.15) is 38.5 Å². The summed E-state index contributed by atoms with van der Waals surface area (Å²) in [4.78, 5) is 17.4. The van der Waals surface area contributed by atoms with Crippen molar-refractivity contribution in [2.24, 2.45) is 0 Å². The number of rotatable bonds is 7. The summed E-state index contributed by atoms with van der Waals surface area (Å²) in [5.74, 6) is 0.283. The van der Waals surface area contributed by atoms with Gasteiger partial charge in [-0.1, -0.05) is 49.6 Å². The fourth-order valence-electron chi connectivity index (χ4n) is 5.03. The minimum absolute atomic E-state index is 0.00355. The Morgan fingerprint density at radius 2 is 1.62 bits per heavy atom. The van der Waals surface area contributed by atoms with Gasteiger partial charge in [-0.2, -0.15) is 0 Å². The Bertz CT molecular complexity index is 1020. The van der Waals surface area contributed by atoms with Crippen molar-refractivity contribution < 1.29 is 13.2 Å². The molecular weight excluding hydrogens is 422 g/mol. The molecule has 1 saturated heterocycles. The van der Waals surface area contributed by atoms with E-state index in [1.54, 1.807) is 0 Å². The van der Waals surface area contributed by atoms with Crippen LogP contribution in [0, 0.1) is 0 Å². The lowest BCUT2D eigenvalue weighted by atomic mass is 9.93. The van der Waals surface area contributed by atoms with Crippen molar-refractivity contribution in [2.75, 3.05) is 35.3 Å². The molecule has 1 aliphatic carbocycles. The van der Waals surface area contributed by atoms with Crippen molar-refractivity contribution in [1.29, 1.82) is 0 Å². The standard InChI is InChI=1S/C25H33N3O3S/c1-27(20-10-4-2-5-11-20)24-15-9-8-14-23(24)26-18-25(29)28(21-12-6-3-7-13-21)22-16-17-32(30,31)19-22/h2,4-5,8-11,14-15,21-22,26H,3,6-7,12-13,16-19H2,1H3. The molecule has 0 aromatic heterocycles. The van der Waals surface area contributed by atoms with Crippen LogP contribution in [0.15, 0.2) is 54.6 Å². The molecule has 2 aromatic carbocycles. The highest BCUT2D eigenvalue weighted by Gasteiger charge is 2.38. The van der Waals surface area contributed by atoms with Crippen LogP contribution in [0.25, 0.3) is 0 Å². The number of amides is 1. The summed E-state index contributed by atoms with van der Waals surface area (Å²) in [7, 11) is -1.04. The van der Waals surface area contributed by atoms with Crippen LogP contribution in [0.4, 0.5) is 17.1 Å². The lowest BCUT2D eigenvalue weighted by molar-refractivity contribution is -0.134. The first-order valence-corrected chi connectivity index (χ1v) is 13.4. The molecule has 32 heavy (non-hydrogen) atoms. The zero-order chi connectivity index (χ0) is 22.6. The lowest BCUT2D eigenvalue weighted by Crippen LogP contribution is -2.50. The maximum absolute atomic E-state index is 13.4. The number of anilines is 3. The first-order valence-electron chi connectivity index (χ1n) is 11.6. The largest absolute Gasteiger partial charge is 0.374 e. The fraction of sp³-hybridized carbons (Fsp3) is 0.480. The van der Waals surface area contributed by atoms with Gasteiger partial charge >= 0.3 is 0 Å². The second-order valence-electron chi connectivity index (χ2n) is 8.91. The Balaban J connectivity index is 1.50. The molecule has 4 rings (SSSR count). The van der Waals surface area contributed by atoms with E-state index in [-0.39, 0.29) is 36.0 Å². The zero-order valence-electron chi connectivity index (χ0n) is 18.7. The summed E-state index contributed by atoms with van der Waals surface area (Å²) in [5, 5.41) is 3.35. The predicted molar refractivity (Wildman–Crippen MR) is 130 cm³/mol. The van der Waals surface area contributed by atoms with Gasteiger partial charge in [-0.05, 0) is 43.5 Å². The molecule has 7 heteroatoms. The van der Waals surface area contributed by atoms with Crippen LogP contribution in [0.3, 0.4) is 0 Å². The average Bonchev–Trinajstić information content (AvgIpc) is 3.18. The number of benzene rings is 2. The first-order chi connectivity index (χ1) is 15.4. The molecule has 1 atom stereocenters. The number of nitrogens with one attached hydrogen (secondary N) is 1. The number of nitrogens with zero attached hydrogens (tertiary/aromatic N) is 2. The highest BCUT2D eigenvalue weighted by molar-refractivity contribution is 7.91. The van der Waals surface area contributed by atoms with E-state index in [2.05, 4.69) is 10.2 Å². The zero-order valence-corrected chi connectivity index (χ0v) is 19.6. The first kappa shape index (κ1) is 22.6. The van der Waals surface area contributed by atoms with E-state index < -0.39 is 9.84 Å². The monoisotopic (exact) mass is 455 g/mol. The molecule has 2 aromatic rings. The van der Waals surface area contributed by atoms with E-state index in [4.69, 9.17) is 0 Å². The maximum Gasteiger partial charge on any atom is 0.242 e. The van der Waals surface area contributed by atoms with Crippen molar-refractivity contribution in [2.45, 2.75) is 50.6 Å². The molecule has 2 aliphatic rings. The summed E-state index contributed by atoms with van der Waals surface area (Å²) >= 11 is 0. The molecule has 0 bridgehead atoms. The molecule has 0 spiro atoms. The van der Waals surface area contributed by atoms with Gasteiger partial charge in [0.1, 0.15) is 0 Å². The van der Waals surface area contributed by atoms with Crippen LogP contribution in [0.5, 0.6) is 0 Å². The molecule has 1 aliphatic heterocycles. The lowest BCUT2D eigenvalue weighted by Gasteiger charge is -2.38. The topological polar surface area (TPSA) is 69.7 Å². The SMILES string of the molecule is CN(c1ccccc1)c1ccccc1NCC(=O)N(C1CCCCC1)C1CCS(=O)(=O)C1. The molecule has 172 valence electrons. The summed E-state index contributed by atoms with van der Waals surface area (Å²) in [5.41, 5.74) is 2.93. The number of hydrogen-bond acceptors (Lipinski definition) is 5. The Morgan fingerprint density at radius 3 is 2.31 bits per heavy atom. The van der Waals surface area contributed by atoms with Gasteiger partial charge in [0.25, 0.3) is 0 Å². The molecule has 1 amide bonds. The quantitative estimate of drug-likeness (QED) is 0.677. The molecule has 0 radical (unpaired) electrons. The molecular formula is C25H33N3O3S. The van der Waals surface area contributed by atoms with Gasteiger partial charge < -0.3 is 15.1 Å². The van der Waals surface area contributed by atoms with Gasteiger partial charge in [0.05, 0.1) is 29.4 Å². The Morgan fingerprint density at radius 1 is 0.938 bits per heavy atom. The minimum atomic E-state index is -3.05.